The van der Waals surface area contributed by atoms with Gasteiger partial charge in [-0.1, -0.05) is 62.4 Å². The number of carboxylic acid groups (broad SMARTS) is 1. The molecule has 8 heteroatoms. The molecule has 1 aliphatic carbocycles. The zero-order chi connectivity index (χ0) is 24.2. The summed E-state index contributed by atoms with van der Waals surface area (Å²) in [5.74, 6) is -1.53. The Labute approximate surface area is 198 Å². The van der Waals surface area contributed by atoms with Crippen molar-refractivity contribution in [3.8, 4) is 11.1 Å². The van der Waals surface area contributed by atoms with Crippen molar-refractivity contribution in [1.82, 2.24) is 10.6 Å². The number of alkyl carbamates (subject to hydrolysis) is 1. The molecular weight excluding hydrogens is 436 g/mol. The second kappa shape index (κ2) is 10.3. The van der Waals surface area contributed by atoms with Gasteiger partial charge in [-0.25, -0.2) is 4.79 Å². The number of nitrogens with one attached hydrogen (secondary N) is 2. The van der Waals surface area contributed by atoms with E-state index in [1.165, 1.54) is 0 Å². The van der Waals surface area contributed by atoms with E-state index < -0.39 is 36.2 Å². The van der Waals surface area contributed by atoms with Gasteiger partial charge in [-0.3, -0.25) is 9.59 Å². The first kappa shape index (κ1) is 23.8. The minimum absolute atomic E-state index is 0.0557. The molecule has 0 radical (unpaired) electrons. The first-order chi connectivity index (χ1) is 16.3. The Morgan fingerprint density at radius 3 is 2.26 bits per heavy atom. The highest BCUT2D eigenvalue weighted by Crippen LogP contribution is 2.44. The lowest BCUT2D eigenvalue weighted by Crippen LogP contribution is -2.52. The molecule has 8 nitrogen and oxygen atoms in total. The third-order valence-electron chi connectivity index (χ3n) is 6.52. The van der Waals surface area contributed by atoms with Crippen molar-refractivity contribution in [3.05, 3.63) is 59.7 Å². The van der Waals surface area contributed by atoms with Crippen LogP contribution in [-0.2, 0) is 19.1 Å². The van der Waals surface area contributed by atoms with E-state index in [0.717, 1.165) is 22.3 Å². The van der Waals surface area contributed by atoms with Gasteiger partial charge in [-0.15, -0.1) is 0 Å². The first-order valence-electron chi connectivity index (χ1n) is 11.6. The largest absolute Gasteiger partial charge is 0.481 e. The van der Waals surface area contributed by atoms with Crippen molar-refractivity contribution in [2.75, 3.05) is 13.2 Å². The van der Waals surface area contributed by atoms with Gasteiger partial charge in [0.25, 0.3) is 5.91 Å². The van der Waals surface area contributed by atoms with Crippen LogP contribution in [0.3, 0.4) is 0 Å². The molecule has 0 unspecified atom stereocenters. The molecule has 1 fully saturated rings. The van der Waals surface area contributed by atoms with Gasteiger partial charge in [0.15, 0.2) is 6.10 Å². The van der Waals surface area contributed by atoms with Crippen LogP contribution in [-0.4, -0.2) is 54.5 Å². The van der Waals surface area contributed by atoms with E-state index in [1.807, 2.05) is 38.1 Å². The van der Waals surface area contributed by atoms with Crippen LogP contribution in [0.25, 0.3) is 11.1 Å². The number of hydrogen-bond donors (Lipinski definition) is 3. The average Bonchev–Trinajstić information content (AvgIpc) is 3.39. The highest BCUT2D eigenvalue weighted by Gasteiger charge is 2.37. The van der Waals surface area contributed by atoms with Crippen molar-refractivity contribution < 1.29 is 29.0 Å². The zero-order valence-electron chi connectivity index (χ0n) is 19.3. The van der Waals surface area contributed by atoms with E-state index in [9.17, 15) is 14.4 Å². The maximum Gasteiger partial charge on any atom is 0.407 e. The van der Waals surface area contributed by atoms with Crippen LogP contribution < -0.4 is 10.6 Å². The lowest BCUT2D eigenvalue weighted by molar-refractivity contribution is -0.138. The summed E-state index contributed by atoms with van der Waals surface area (Å²) in [5, 5.41) is 14.6. The molecule has 0 bridgehead atoms. The van der Waals surface area contributed by atoms with Crippen LogP contribution in [0.4, 0.5) is 4.79 Å². The monoisotopic (exact) mass is 466 g/mol. The molecule has 180 valence electrons. The van der Waals surface area contributed by atoms with Crippen molar-refractivity contribution in [1.29, 1.82) is 0 Å². The molecule has 34 heavy (non-hydrogen) atoms. The van der Waals surface area contributed by atoms with Crippen molar-refractivity contribution in [2.45, 2.75) is 50.8 Å². The number of amides is 2. The fourth-order valence-electron chi connectivity index (χ4n) is 4.69. The Kier molecular flexibility index (Phi) is 7.17. The van der Waals surface area contributed by atoms with Crippen LogP contribution in [0.15, 0.2) is 48.5 Å². The topological polar surface area (TPSA) is 114 Å². The van der Waals surface area contributed by atoms with Gasteiger partial charge < -0.3 is 25.2 Å². The van der Waals surface area contributed by atoms with E-state index in [4.69, 9.17) is 14.6 Å². The summed E-state index contributed by atoms with van der Waals surface area (Å²) in [7, 11) is 0. The molecule has 0 aromatic heterocycles. The predicted molar refractivity (Wildman–Crippen MR) is 125 cm³/mol. The van der Waals surface area contributed by atoms with Gasteiger partial charge in [0.1, 0.15) is 6.61 Å². The number of rotatable bonds is 8. The maximum atomic E-state index is 12.8. The minimum Gasteiger partial charge on any atom is -0.481 e. The third kappa shape index (κ3) is 5.07. The molecule has 1 saturated heterocycles. The summed E-state index contributed by atoms with van der Waals surface area (Å²) in [6.07, 6.45) is -1.22. The number of hydrogen-bond acceptors (Lipinski definition) is 5. The van der Waals surface area contributed by atoms with Gasteiger partial charge in [0.05, 0.1) is 12.5 Å². The van der Waals surface area contributed by atoms with Crippen LogP contribution in [0, 0.1) is 5.92 Å². The van der Waals surface area contributed by atoms with Crippen LogP contribution in [0.1, 0.15) is 43.7 Å². The standard InChI is InChI=1S/C26H30N2O6/c1-15(2)22(13-23(29)30)27-25(31)24-21(11-12-33-24)28-26(32)34-14-20-18-9-5-3-7-16(18)17-8-4-6-10-19(17)20/h3-10,15,20-22,24H,11-14H2,1-2H3,(H,27,31)(H,28,32)(H,29,30)/t21-,22-,24+/m0/s1. The smallest absolute Gasteiger partial charge is 0.407 e. The van der Waals surface area contributed by atoms with Crippen LogP contribution in [0.2, 0.25) is 0 Å². The Bertz CT molecular complexity index is 1020. The summed E-state index contributed by atoms with van der Waals surface area (Å²) >= 11 is 0. The minimum atomic E-state index is -0.986. The number of carbonyl (C=O) groups is 3. The molecule has 2 amide bonds. The third-order valence-corrected chi connectivity index (χ3v) is 6.52. The van der Waals surface area contributed by atoms with Gasteiger partial charge in [-0.05, 0) is 34.6 Å². The first-order valence-corrected chi connectivity index (χ1v) is 11.6. The average molecular weight is 467 g/mol. The number of benzene rings is 2. The second-order valence-electron chi connectivity index (χ2n) is 9.11. The number of fused-ring (bicyclic) bond motifs is 3. The second-order valence-corrected chi connectivity index (χ2v) is 9.11. The van der Waals surface area contributed by atoms with Gasteiger partial charge in [0.2, 0.25) is 0 Å². The van der Waals surface area contributed by atoms with E-state index in [0.29, 0.717) is 13.0 Å². The molecule has 3 atom stereocenters. The molecule has 0 spiro atoms. The van der Waals surface area contributed by atoms with E-state index in [2.05, 4.69) is 34.9 Å². The predicted octanol–water partition coefficient (Wildman–Crippen LogP) is 3.30. The van der Waals surface area contributed by atoms with Crippen LogP contribution in [0.5, 0.6) is 0 Å². The number of carbonyl (C=O) groups excluding carboxylic acids is 2. The summed E-state index contributed by atoms with van der Waals surface area (Å²) in [5.41, 5.74) is 4.54. The van der Waals surface area contributed by atoms with E-state index >= 15 is 0 Å². The summed E-state index contributed by atoms with van der Waals surface area (Å²) in [4.78, 5) is 36.5. The Morgan fingerprint density at radius 1 is 1.06 bits per heavy atom. The lowest BCUT2D eigenvalue weighted by Gasteiger charge is -2.25. The van der Waals surface area contributed by atoms with Gasteiger partial charge >= 0.3 is 12.1 Å². The Balaban J connectivity index is 1.36. The fourth-order valence-corrected chi connectivity index (χ4v) is 4.69. The summed E-state index contributed by atoms with van der Waals surface area (Å²) < 4.78 is 11.1. The SMILES string of the molecule is CC(C)[C@H](CC(=O)O)NC(=O)[C@@H]1OCC[C@@H]1NC(=O)OCC1c2ccccc2-c2ccccc21. The van der Waals surface area contributed by atoms with Crippen molar-refractivity contribution in [3.63, 3.8) is 0 Å². The van der Waals surface area contributed by atoms with Crippen molar-refractivity contribution >= 4 is 18.0 Å². The van der Waals surface area contributed by atoms with Gasteiger partial charge in [0, 0.05) is 18.6 Å². The summed E-state index contributed by atoms with van der Waals surface area (Å²) in [6, 6.07) is 15.1. The Morgan fingerprint density at radius 2 is 1.68 bits per heavy atom. The van der Waals surface area contributed by atoms with Crippen molar-refractivity contribution in [2.24, 2.45) is 5.92 Å². The molecule has 1 heterocycles. The quantitative estimate of drug-likeness (QED) is 0.550. The molecule has 1 aliphatic heterocycles. The highest BCUT2D eigenvalue weighted by molar-refractivity contribution is 5.84. The van der Waals surface area contributed by atoms with Crippen LogP contribution >= 0.6 is 0 Å². The number of ether oxygens (including phenoxy) is 2. The lowest BCUT2D eigenvalue weighted by atomic mass is 9.98. The molecule has 2 aromatic carbocycles. The molecule has 3 N–H and O–H groups in total. The molecule has 2 aromatic rings. The Hall–Kier alpha value is -3.39. The zero-order valence-corrected chi connectivity index (χ0v) is 19.3. The fraction of sp³-hybridized carbons (Fsp3) is 0.423. The van der Waals surface area contributed by atoms with E-state index in [1.54, 1.807) is 0 Å². The normalized spacial score (nSPS) is 19.9. The highest BCUT2D eigenvalue weighted by atomic mass is 16.6. The number of aliphatic carboxylic acids is 1. The number of carboxylic acids is 1. The molecular formula is C26H30N2O6. The molecule has 4 rings (SSSR count). The van der Waals surface area contributed by atoms with Gasteiger partial charge in [-0.2, -0.15) is 0 Å². The maximum absolute atomic E-state index is 12.8. The van der Waals surface area contributed by atoms with E-state index in [-0.39, 0.29) is 24.9 Å². The molecule has 2 aliphatic rings. The molecule has 0 saturated carbocycles. The summed E-state index contributed by atoms with van der Waals surface area (Å²) in [6.45, 7) is 4.18.